The smallest absolute Gasteiger partial charge is 0.237 e. The molecule has 1 N–H and O–H groups in total. The summed E-state index contributed by atoms with van der Waals surface area (Å²) in [5, 5.41) is 2.78. The van der Waals surface area contributed by atoms with Crippen LogP contribution in [0.2, 0.25) is 0 Å². The molecule has 0 aliphatic rings. The van der Waals surface area contributed by atoms with Crippen LogP contribution in [0.4, 0.5) is 5.69 Å². The van der Waals surface area contributed by atoms with Gasteiger partial charge >= 0.3 is 0 Å². The van der Waals surface area contributed by atoms with Crippen molar-refractivity contribution in [3.8, 4) is 0 Å². The van der Waals surface area contributed by atoms with E-state index in [2.05, 4.69) is 26.2 Å². The molecule has 0 saturated heterocycles. The molecule has 70 valence electrons. The Kier molecular flexibility index (Phi) is 3.42. The van der Waals surface area contributed by atoms with E-state index in [0.29, 0.717) is 0 Å². The number of pyridine rings is 1. The topological polar surface area (TPSA) is 42.0 Å². The predicted molar refractivity (Wildman–Crippen MR) is 56.0 cm³/mol. The predicted octanol–water partition coefficient (Wildman–Crippen LogP) is 2.11. The average molecular weight is 243 g/mol. The highest BCUT2D eigenvalue weighted by Crippen LogP contribution is 2.12. The molecular formula is C9H11BrN2O. The third-order valence-corrected chi connectivity index (χ3v) is 2.06. The first-order valence-electron chi connectivity index (χ1n) is 3.97. The van der Waals surface area contributed by atoms with Gasteiger partial charge in [0.25, 0.3) is 0 Å². The number of halogens is 1. The molecule has 0 aliphatic carbocycles. The van der Waals surface area contributed by atoms with E-state index in [-0.39, 0.29) is 10.7 Å². The highest BCUT2D eigenvalue weighted by molar-refractivity contribution is 9.10. The van der Waals surface area contributed by atoms with Crippen molar-refractivity contribution >= 4 is 27.5 Å². The van der Waals surface area contributed by atoms with Gasteiger partial charge in [-0.3, -0.25) is 9.78 Å². The van der Waals surface area contributed by atoms with Gasteiger partial charge in [-0.2, -0.15) is 0 Å². The molecule has 0 bridgehead atoms. The van der Waals surface area contributed by atoms with Crippen molar-refractivity contribution in [3.05, 3.63) is 24.0 Å². The Balaban J connectivity index is 2.75. The zero-order valence-electron chi connectivity index (χ0n) is 7.54. The molecule has 0 spiro atoms. The van der Waals surface area contributed by atoms with Gasteiger partial charge in [0.15, 0.2) is 0 Å². The monoisotopic (exact) mass is 242 g/mol. The number of nitrogens with one attached hydrogen (secondary N) is 1. The molecule has 1 heterocycles. The number of carbonyl (C=O) groups is 1. The zero-order valence-corrected chi connectivity index (χ0v) is 9.13. The number of hydrogen-bond donors (Lipinski definition) is 1. The van der Waals surface area contributed by atoms with E-state index in [0.717, 1.165) is 11.3 Å². The van der Waals surface area contributed by atoms with Crippen LogP contribution in [0.25, 0.3) is 0 Å². The molecule has 1 rings (SSSR count). The van der Waals surface area contributed by atoms with Crippen LogP contribution in [-0.2, 0) is 4.79 Å². The third-order valence-electron chi connectivity index (χ3n) is 1.64. The largest absolute Gasteiger partial charge is 0.325 e. The van der Waals surface area contributed by atoms with Crippen LogP contribution in [0.5, 0.6) is 0 Å². The minimum absolute atomic E-state index is 0.0469. The van der Waals surface area contributed by atoms with E-state index in [9.17, 15) is 4.79 Å². The number of aryl methyl sites for hydroxylation is 1. The van der Waals surface area contributed by atoms with E-state index in [1.165, 1.54) is 0 Å². The van der Waals surface area contributed by atoms with Gasteiger partial charge in [-0.1, -0.05) is 15.9 Å². The van der Waals surface area contributed by atoms with Crippen molar-refractivity contribution in [1.82, 2.24) is 4.98 Å². The zero-order chi connectivity index (χ0) is 9.84. The Morgan fingerprint density at radius 1 is 1.69 bits per heavy atom. The summed E-state index contributed by atoms with van der Waals surface area (Å²) in [5.74, 6) is -0.0469. The van der Waals surface area contributed by atoms with Crippen molar-refractivity contribution in [2.45, 2.75) is 18.7 Å². The molecule has 0 aliphatic heterocycles. The van der Waals surface area contributed by atoms with E-state index in [1.54, 1.807) is 25.4 Å². The molecule has 0 saturated carbocycles. The van der Waals surface area contributed by atoms with E-state index >= 15 is 0 Å². The first kappa shape index (κ1) is 10.2. The Morgan fingerprint density at radius 2 is 2.38 bits per heavy atom. The second kappa shape index (κ2) is 4.37. The molecule has 1 unspecified atom stereocenters. The maximum absolute atomic E-state index is 11.3. The van der Waals surface area contributed by atoms with Gasteiger partial charge in [-0.25, -0.2) is 0 Å². The summed E-state index contributed by atoms with van der Waals surface area (Å²) < 4.78 is 0. The number of amides is 1. The van der Waals surface area contributed by atoms with E-state index in [4.69, 9.17) is 0 Å². The fourth-order valence-electron chi connectivity index (χ4n) is 0.846. The van der Waals surface area contributed by atoms with Crippen LogP contribution >= 0.6 is 15.9 Å². The van der Waals surface area contributed by atoms with Gasteiger partial charge in [0.1, 0.15) is 0 Å². The number of nitrogens with zero attached hydrogens (tertiary/aromatic N) is 1. The molecule has 1 aromatic heterocycles. The molecule has 1 amide bonds. The summed E-state index contributed by atoms with van der Waals surface area (Å²) in [6, 6.07) is 1.78. The van der Waals surface area contributed by atoms with Gasteiger partial charge < -0.3 is 5.32 Å². The van der Waals surface area contributed by atoms with Crippen LogP contribution in [0.1, 0.15) is 12.5 Å². The SMILES string of the molecule is Cc1cnccc1NC(=O)C(C)Br. The molecule has 3 nitrogen and oxygen atoms in total. The van der Waals surface area contributed by atoms with Crippen LogP contribution < -0.4 is 5.32 Å². The quantitative estimate of drug-likeness (QED) is 0.808. The van der Waals surface area contributed by atoms with Crippen molar-refractivity contribution in [2.75, 3.05) is 5.32 Å². The summed E-state index contributed by atoms with van der Waals surface area (Å²) in [6.07, 6.45) is 3.37. The maximum atomic E-state index is 11.3. The normalized spacial score (nSPS) is 12.2. The lowest BCUT2D eigenvalue weighted by Crippen LogP contribution is -2.20. The lowest BCUT2D eigenvalue weighted by atomic mass is 10.2. The number of anilines is 1. The van der Waals surface area contributed by atoms with Crippen LogP contribution in [0, 0.1) is 6.92 Å². The second-order valence-corrected chi connectivity index (χ2v) is 4.17. The minimum Gasteiger partial charge on any atom is -0.325 e. The van der Waals surface area contributed by atoms with Gasteiger partial charge in [0.05, 0.1) is 4.83 Å². The molecule has 0 aromatic carbocycles. The molecule has 1 atom stereocenters. The molecule has 0 fully saturated rings. The summed E-state index contributed by atoms with van der Waals surface area (Å²) >= 11 is 3.19. The highest BCUT2D eigenvalue weighted by atomic mass is 79.9. The van der Waals surface area contributed by atoms with Crippen molar-refractivity contribution in [1.29, 1.82) is 0 Å². The Bertz CT molecular complexity index is 312. The summed E-state index contributed by atoms with van der Waals surface area (Å²) in [7, 11) is 0. The van der Waals surface area contributed by atoms with Crippen LogP contribution in [-0.4, -0.2) is 15.7 Å². The highest BCUT2D eigenvalue weighted by Gasteiger charge is 2.09. The molecular weight excluding hydrogens is 232 g/mol. The first-order valence-corrected chi connectivity index (χ1v) is 4.88. The molecule has 13 heavy (non-hydrogen) atoms. The van der Waals surface area contributed by atoms with Crippen LogP contribution in [0.15, 0.2) is 18.5 Å². The number of carbonyl (C=O) groups excluding carboxylic acids is 1. The summed E-state index contributed by atoms with van der Waals surface area (Å²) in [5.41, 5.74) is 1.77. The van der Waals surface area contributed by atoms with Gasteiger partial charge in [0, 0.05) is 18.1 Å². The van der Waals surface area contributed by atoms with Crippen LogP contribution in [0.3, 0.4) is 0 Å². The molecule has 0 radical (unpaired) electrons. The van der Waals surface area contributed by atoms with E-state index in [1.807, 2.05) is 6.92 Å². The number of aromatic nitrogens is 1. The van der Waals surface area contributed by atoms with Crippen molar-refractivity contribution < 1.29 is 4.79 Å². The molecule has 4 heteroatoms. The number of rotatable bonds is 2. The number of hydrogen-bond acceptors (Lipinski definition) is 2. The minimum atomic E-state index is -0.180. The van der Waals surface area contributed by atoms with Crippen molar-refractivity contribution in [2.24, 2.45) is 0 Å². The average Bonchev–Trinajstić information content (AvgIpc) is 2.08. The Hall–Kier alpha value is -0.900. The summed E-state index contributed by atoms with van der Waals surface area (Å²) in [4.78, 5) is 15.0. The van der Waals surface area contributed by atoms with Gasteiger partial charge in [0.2, 0.25) is 5.91 Å². The lowest BCUT2D eigenvalue weighted by molar-refractivity contribution is -0.115. The van der Waals surface area contributed by atoms with E-state index < -0.39 is 0 Å². The standard InChI is InChI=1S/C9H11BrN2O/c1-6-5-11-4-3-8(6)12-9(13)7(2)10/h3-5,7H,1-2H3,(H,11,12,13). The number of alkyl halides is 1. The maximum Gasteiger partial charge on any atom is 0.237 e. The van der Waals surface area contributed by atoms with Crippen molar-refractivity contribution in [3.63, 3.8) is 0 Å². The summed E-state index contributed by atoms with van der Waals surface area (Å²) in [6.45, 7) is 3.69. The molecule has 1 aromatic rings. The Morgan fingerprint density at radius 3 is 2.92 bits per heavy atom. The fourth-order valence-corrected chi connectivity index (χ4v) is 0.960. The van der Waals surface area contributed by atoms with Gasteiger partial charge in [-0.15, -0.1) is 0 Å². The lowest BCUT2D eigenvalue weighted by Gasteiger charge is -2.08. The first-order chi connectivity index (χ1) is 6.11. The fraction of sp³-hybridized carbons (Fsp3) is 0.333. The third kappa shape index (κ3) is 2.81. The Labute approximate surface area is 85.7 Å². The second-order valence-electron chi connectivity index (χ2n) is 2.80. The van der Waals surface area contributed by atoms with Gasteiger partial charge in [-0.05, 0) is 25.5 Å².